The van der Waals surface area contributed by atoms with E-state index in [1.54, 1.807) is 18.9 Å². The standard InChI is InChI=1S/C24H32N2O3/c1-18(23(28)25-24(2,3)4)26(16-15-19-9-7-6-8-10-19)22(27)17-20-11-13-21(29-5)14-12-20/h6-14,18H,15-17H2,1-5H3,(H,25,28)/t18-/m1/s1. The van der Waals surface area contributed by atoms with Crippen LogP contribution in [0.4, 0.5) is 0 Å². The van der Waals surface area contributed by atoms with Gasteiger partial charge in [-0.05, 0) is 57.4 Å². The Labute approximate surface area is 174 Å². The zero-order valence-electron chi connectivity index (χ0n) is 18.1. The zero-order chi connectivity index (χ0) is 21.4. The van der Waals surface area contributed by atoms with E-state index in [0.29, 0.717) is 13.0 Å². The predicted molar refractivity (Wildman–Crippen MR) is 116 cm³/mol. The Morgan fingerprint density at radius 1 is 1.00 bits per heavy atom. The molecule has 0 radical (unpaired) electrons. The zero-order valence-corrected chi connectivity index (χ0v) is 18.1. The fraction of sp³-hybridized carbons (Fsp3) is 0.417. The highest BCUT2D eigenvalue weighted by atomic mass is 16.5. The van der Waals surface area contributed by atoms with Crippen LogP contribution >= 0.6 is 0 Å². The number of nitrogens with zero attached hydrogens (tertiary/aromatic N) is 1. The highest BCUT2D eigenvalue weighted by molar-refractivity contribution is 5.88. The van der Waals surface area contributed by atoms with E-state index < -0.39 is 6.04 Å². The fourth-order valence-corrected chi connectivity index (χ4v) is 3.06. The van der Waals surface area contributed by atoms with Gasteiger partial charge in [-0.2, -0.15) is 0 Å². The molecule has 1 atom stereocenters. The van der Waals surface area contributed by atoms with Crippen molar-refractivity contribution in [3.63, 3.8) is 0 Å². The molecule has 0 saturated heterocycles. The van der Waals surface area contributed by atoms with Crippen LogP contribution in [-0.2, 0) is 22.4 Å². The van der Waals surface area contributed by atoms with Crippen molar-refractivity contribution < 1.29 is 14.3 Å². The van der Waals surface area contributed by atoms with Gasteiger partial charge in [-0.25, -0.2) is 0 Å². The summed E-state index contributed by atoms with van der Waals surface area (Å²) in [6, 6.07) is 16.9. The third kappa shape index (κ3) is 7.26. The molecule has 0 aliphatic heterocycles. The molecule has 5 heteroatoms. The van der Waals surface area contributed by atoms with E-state index in [4.69, 9.17) is 4.74 Å². The molecule has 0 bridgehead atoms. The number of methoxy groups -OCH3 is 1. The van der Waals surface area contributed by atoms with E-state index in [2.05, 4.69) is 5.32 Å². The maximum absolute atomic E-state index is 13.1. The highest BCUT2D eigenvalue weighted by Gasteiger charge is 2.28. The average molecular weight is 397 g/mol. The molecule has 0 aliphatic carbocycles. The summed E-state index contributed by atoms with van der Waals surface area (Å²) in [5.74, 6) is 0.538. The summed E-state index contributed by atoms with van der Waals surface area (Å²) in [4.78, 5) is 27.5. The predicted octanol–water partition coefficient (Wildman–Crippen LogP) is 3.61. The van der Waals surface area contributed by atoms with E-state index >= 15 is 0 Å². The van der Waals surface area contributed by atoms with Crippen molar-refractivity contribution >= 4 is 11.8 Å². The summed E-state index contributed by atoms with van der Waals surface area (Å²) < 4.78 is 5.18. The van der Waals surface area contributed by atoms with Crippen LogP contribution in [0.1, 0.15) is 38.8 Å². The number of benzene rings is 2. The van der Waals surface area contributed by atoms with Gasteiger partial charge in [0.15, 0.2) is 0 Å². The Balaban J connectivity index is 2.14. The average Bonchev–Trinajstić information content (AvgIpc) is 2.68. The molecule has 0 unspecified atom stereocenters. The molecular weight excluding hydrogens is 364 g/mol. The lowest BCUT2D eigenvalue weighted by molar-refractivity contribution is -0.140. The van der Waals surface area contributed by atoms with Crippen molar-refractivity contribution in [3.8, 4) is 5.75 Å². The third-order valence-electron chi connectivity index (χ3n) is 4.66. The van der Waals surface area contributed by atoms with Crippen LogP contribution in [0.5, 0.6) is 5.75 Å². The third-order valence-corrected chi connectivity index (χ3v) is 4.66. The summed E-state index contributed by atoms with van der Waals surface area (Å²) in [6.07, 6.45) is 0.939. The second kappa shape index (κ2) is 10.1. The number of nitrogens with one attached hydrogen (secondary N) is 1. The van der Waals surface area contributed by atoms with Crippen LogP contribution in [0.2, 0.25) is 0 Å². The van der Waals surface area contributed by atoms with E-state index in [-0.39, 0.29) is 23.8 Å². The molecular formula is C24H32N2O3. The van der Waals surface area contributed by atoms with Crippen molar-refractivity contribution in [2.75, 3.05) is 13.7 Å². The molecule has 2 amide bonds. The summed E-state index contributed by atoms with van der Waals surface area (Å²) in [5.41, 5.74) is 1.68. The van der Waals surface area contributed by atoms with Gasteiger partial charge in [0.1, 0.15) is 11.8 Å². The van der Waals surface area contributed by atoms with Gasteiger partial charge < -0.3 is 15.0 Å². The Morgan fingerprint density at radius 2 is 1.62 bits per heavy atom. The molecule has 0 saturated carbocycles. The summed E-state index contributed by atoms with van der Waals surface area (Å²) >= 11 is 0. The minimum atomic E-state index is -0.552. The molecule has 0 spiro atoms. The maximum atomic E-state index is 13.1. The smallest absolute Gasteiger partial charge is 0.242 e. The molecule has 0 aromatic heterocycles. The number of carbonyl (C=O) groups excluding carboxylic acids is 2. The van der Waals surface area contributed by atoms with Crippen LogP contribution in [-0.4, -0.2) is 41.9 Å². The van der Waals surface area contributed by atoms with Crippen molar-refractivity contribution in [1.29, 1.82) is 0 Å². The minimum absolute atomic E-state index is 0.0670. The van der Waals surface area contributed by atoms with Crippen molar-refractivity contribution in [1.82, 2.24) is 10.2 Å². The van der Waals surface area contributed by atoms with E-state index in [1.807, 2.05) is 75.4 Å². The van der Waals surface area contributed by atoms with Crippen LogP contribution in [0.15, 0.2) is 54.6 Å². The monoisotopic (exact) mass is 396 g/mol. The molecule has 2 aromatic rings. The topological polar surface area (TPSA) is 58.6 Å². The largest absolute Gasteiger partial charge is 0.497 e. The molecule has 2 rings (SSSR count). The second-order valence-corrected chi connectivity index (χ2v) is 8.26. The number of ether oxygens (including phenoxy) is 1. The molecule has 5 nitrogen and oxygen atoms in total. The lowest BCUT2D eigenvalue weighted by atomic mass is 10.1. The maximum Gasteiger partial charge on any atom is 0.242 e. The van der Waals surface area contributed by atoms with Gasteiger partial charge in [-0.3, -0.25) is 9.59 Å². The van der Waals surface area contributed by atoms with E-state index in [9.17, 15) is 9.59 Å². The highest BCUT2D eigenvalue weighted by Crippen LogP contribution is 2.14. The van der Waals surface area contributed by atoms with Gasteiger partial charge >= 0.3 is 0 Å². The van der Waals surface area contributed by atoms with Crippen LogP contribution in [0, 0.1) is 0 Å². The van der Waals surface area contributed by atoms with Crippen LogP contribution in [0.25, 0.3) is 0 Å². The van der Waals surface area contributed by atoms with E-state index in [0.717, 1.165) is 16.9 Å². The minimum Gasteiger partial charge on any atom is -0.497 e. The lowest BCUT2D eigenvalue weighted by Gasteiger charge is -2.31. The summed E-state index contributed by atoms with van der Waals surface area (Å²) in [6.45, 7) is 8.08. The molecule has 0 fully saturated rings. The second-order valence-electron chi connectivity index (χ2n) is 8.26. The number of carbonyl (C=O) groups is 2. The van der Waals surface area contributed by atoms with Gasteiger partial charge in [0.25, 0.3) is 0 Å². The number of hydrogen-bond donors (Lipinski definition) is 1. The number of hydrogen-bond acceptors (Lipinski definition) is 3. The first-order chi connectivity index (χ1) is 13.7. The van der Waals surface area contributed by atoms with Crippen molar-refractivity contribution in [2.45, 2.75) is 52.1 Å². The SMILES string of the molecule is COc1ccc(CC(=O)N(CCc2ccccc2)[C@H](C)C(=O)NC(C)(C)C)cc1. The normalized spacial score (nSPS) is 12.2. The van der Waals surface area contributed by atoms with Crippen molar-refractivity contribution in [3.05, 3.63) is 65.7 Å². The summed E-state index contributed by atoms with van der Waals surface area (Å²) in [7, 11) is 1.61. The Bertz CT molecular complexity index is 795. The van der Waals surface area contributed by atoms with Gasteiger partial charge in [0, 0.05) is 12.1 Å². The fourth-order valence-electron chi connectivity index (χ4n) is 3.06. The first-order valence-corrected chi connectivity index (χ1v) is 9.98. The quantitative estimate of drug-likeness (QED) is 0.742. The van der Waals surface area contributed by atoms with Gasteiger partial charge in [0.05, 0.1) is 13.5 Å². The van der Waals surface area contributed by atoms with Crippen molar-refractivity contribution in [2.24, 2.45) is 0 Å². The van der Waals surface area contributed by atoms with Gasteiger partial charge in [0.2, 0.25) is 11.8 Å². The van der Waals surface area contributed by atoms with Gasteiger partial charge in [-0.1, -0.05) is 42.5 Å². The Kier molecular flexibility index (Phi) is 7.82. The van der Waals surface area contributed by atoms with E-state index in [1.165, 1.54) is 0 Å². The van der Waals surface area contributed by atoms with Gasteiger partial charge in [-0.15, -0.1) is 0 Å². The lowest BCUT2D eigenvalue weighted by Crippen LogP contribution is -2.53. The Morgan fingerprint density at radius 3 is 2.17 bits per heavy atom. The molecule has 0 heterocycles. The van der Waals surface area contributed by atoms with Crippen LogP contribution in [0.3, 0.4) is 0 Å². The molecule has 1 N–H and O–H groups in total. The molecule has 2 aromatic carbocycles. The number of rotatable bonds is 8. The summed E-state index contributed by atoms with van der Waals surface area (Å²) in [5, 5.41) is 2.98. The molecule has 156 valence electrons. The van der Waals surface area contributed by atoms with Crippen LogP contribution < -0.4 is 10.1 Å². The first kappa shape index (κ1) is 22.5. The Hall–Kier alpha value is -2.82. The number of amides is 2. The molecule has 0 aliphatic rings. The molecule has 29 heavy (non-hydrogen) atoms. The first-order valence-electron chi connectivity index (χ1n) is 9.98.